The Kier molecular flexibility index (Phi) is 7.58. The molecule has 114 valence electrons. The van der Waals surface area contributed by atoms with Gasteiger partial charge in [0.05, 0.1) is 4.90 Å². The number of benzene rings is 1. The maximum absolute atomic E-state index is 12.2. The molecule has 0 fully saturated rings. The van der Waals surface area contributed by atoms with E-state index >= 15 is 0 Å². The highest BCUT2D eigenvalue weighted by Gasteiger charge is 2.14. The van der Waals surface area contributed by atoms with Gasteiger partial charge in [-0.1, -0.05) is 26.0 Å². The van der Waals surface area contributed by atoms with Crippen molar-refractivity contribution in [1.29, 1.82) is 0 Å². The molecular weight excluding hydrogens is 292 g/mol. The lowest BCUT2D eigenvalue weighted by molar-refractivity contribution is 0.578. The monoisotopic (exact) mass is 316 g/mol. The molecule has 0 aromatic heterocycles. The van der Waals surface area contributed by atoms with Crippen molar-refractivity contribution in [3.8, 4) is 0 Å². The van der Waals surface area contributed by atoms with Crippen LogP contribution in [-0.4, -0.2) is 33.0 Å². The van der Waals surface area contributed by atoms with Crippen LogP contribution in [-0.2, 0) is 16.6 Å². The summed E-state index contributed by atoms with van der Waals surface area (Å²) in [4.78, 5) is 0.338. The normalized spacial score (nSPS) is 13.3. The van der Waals surface area contributed by atoms with Gasteiger partial charge in [0.2, 0.25) is 10.0 Å². The van der Waals surface area contributed by atoms with Crippen molar-refractivity contribution < 1.29 is 8.42 Å². The third kappa shape index (κ3) is 5.83. The van der Waals surface area contributed by atoms with Crippen molar-refractivity contribution in [3.63, 3.8) is 0 Å². The summed E-state index contributed by atoms with van der Waals surface area (Å²) in [5, 5.41) is 3.65. The number of nitrogens with one attached hydrogen (secondary N) is 2. The summed E-state index contributed by atoms with van der Waals surface area (Å²) in [5.74, 6) is 0. The standard InChI is InChI=1S/C14H24N2O2S2/c1-4-15-11-13-6-5-7-14(10-13)20(17,18)16-9-8-12(2)19-3/h5-7,10,12,15-16H,4,8-9,11H2,1-3H3. The van der Waals surface area contributed by atoms with Crippen LogP contribution in [0.5, 0.6) is 0 Å². The van der Waals surface area contributed by atoms with Crippen LogP contribution in [0.2, 0.25) is 0 Å². The molecule has 2 N–H and O–H groups in total. The van der Waals surface area contributed by atoms with Crippen LogP contribution in [0.25, 0.3) is 0 Å². The molecule has 0 aliphatic rings. The van der Waals surface area contributed by atoms with Gasteiger partial charge < -0.3 is 5.32 Å². The van der Waals surface area contributed by atoms with E-state index in [1.807, 2.05) is 19.2 Å². The first-order valence-electron chi connectivity index (χ1n) is 6.81. The van der Waals surface area contributed by atoms with Crippen molar-refractivity contribution in [2.24, 2.45) is 0 Å². The van der Waals surface area contributed by atoms with Gasteiger partial charge in [0.15, 0.2) is 0 Å². The van der Waals surface area contributed by atoms with Gasteiger partial charge in [-0.2, -0.15) is 11.8 Å². The van der Waals surface area contributed by atoms with Gasteiger partial charge in [-0.25, -0.2) is 13.1 Å². The fourth-order valence-corrected chi connectivity index (χ4v) is 3.16. The van der Waals surface area contributed by atoms with Crippen LogP contribution in [0.15, 0.2) is 29.2 Å². The topological polar surface area (TPSA) is 58.2 Å². The smallest absolute Gasteiger partial charge is 0.240 e. The zero-order valence-corrected chi connectivity index (χ0v) is 14.0. The van der Waals surface area contributed by atoms with Gasteiger partial charge in [0, 0.05) is 18.3 Å². The van der Waals surface area contributed by atoms with Crippen molar-refractivity contribution in [1.82, 2.24) is 10.0 Å². The molecule has 1 atom stereocenters. The minimum absolute atomic E-state index is 0.338. The van der Waals surface area contributed by atoms with Gasteiger partial charge in [-0.3, -0.25) is 0 Å². The average Bonchev–Trinajstić information content (AvgIpc) is 2.45. The third-order valence-electron chi connectivity index (χ3n) is 3.03. The fraction of sp³-hybridized carbons (Fsp3) is 0.571. The molecule has 1 aromatic carbocycles. The van der Waals surface area contributed by atoms with E-state index in [2.05, 4.69) is 17.0 Å². The van der Waals surface area contributed by atoms with Gasteiger partial charge in [0.1, 0.15) is 0 Å². The van der Waals surface area contributed by atoms with Gasteiger partial charge >= 0.3 is 0 Å². The molecule has 6 heteroatoms. The van der Waals surface area contributed by atoms with E-state index in [0.717, 1.165) is 18.5 Å². The van der Waals surface area contributed by atoms with Gasteiger partial charge in [-0.15, -0.1) is 0 Å². The van der Waals surface area contributed by atoms with Gasteiger partial charge in [-0.05, 0) is 36.9 Å². The molecule has 0 radical (unpaired) electrons. The second-order valence-corrected chi connectivity index (χ2v) is 7.70. The van der Waals surface area contributed by atoms with Crippen LogP contribution < -0.4 is 10.0 Å². The fourth-order valence-electron chi connectivity index (χ4n) is 1.69. The first-order chi connectivity index (χ1) is 9.49. The number of sulfonamides is 1. The Morgan fingerprint density at radius 1 is 1.35 bits per heavy atom. The molecular formula is C14H24N2O2S2. The minimum atomic E-state index is -3.40. The molecule has 1 rings (SSSR count). The minimum Gasteiger partial charge on any atom is -0.313 e. The predicted octanol–water partition coefficient (Wildman–Crippen LogP) is 2.22. The Labute approximate surface area is 126 Å². The summed E-state index contributed by atoms with van der Waals surface area (Å²) in [5.41, 5.74) is 0.979. The lowest BCUT2D eigenvalue weighted by Crippen LogP contribution is -2.26. The molecule has 0 aliphatic heterocycles. The summed E-state index contributed by atoms with van der Waals surface area (Å²) in [6.45, 7) is 6.14. The number of rotatable bonds is 9. The molecule has 1 aromatic rings. The SMILES string of the molecule is CCNCc1cccc(S(=O)(=O)NCCC(C)SC)c1. The van der Waals surface area contributed by atoms with E-state index in [9.17, 15) is 8.42 Å². The first-order valence-corrected chi connectivity index (χ1v) is 9.58. The van der Waals surface area contributed by atoms with E-state index < -0.39 is 10.0 Å². The Morgan fingerprint density at radius 2 is 2.10 bits per heavy atom. The van der Waals surface area contributed by atoms with E-state index in [4.69, 9.17) is 0 Å². The quantitative estimate of drug-likeness (QED) is 0.733. The highest BCUT2D eigenvalue weighted by molar-refractivity contribution is 7.99. The van der Waals surface area contributed by atoms with Crippen molar-refractivity contribution >= 4 is 21.8 Å². The van der Waals surface area contributed by atoms with E-state index in [-0.39, 0.29) is 0 Å². The summed E-state index contributed by atoms with van der Waals surface area (Å²) in [7, 11) is -3.40. The highest BCUT2D eigenvalue weighted by atomic mass is 32.2. The second kappa shape index (κ2) is 8.67. The third-order valence-corrected chi connectivity index (χ3v) is 5.53. The maximum atomic E-state index is 12.2. The molecule has 0 bridgehead atoms. The van der Waals surface area contributed by atoms with Crippen molar-refractivity contribution in [2.45, 2.75) is 37.0 Å². The Hall–Kier alpha value is -0.560. The van der Waals surface area contributed by atoms with Crippen LogP contribution in [0.3, 0.4) is 0 Å². The number of hydrogen-bond acceptors (Lipinski definition) is 4. The summed E-state index contributed by atoms with van der Waals surface area (Å²) in [6, 6.07) is 7.07. The molecule has 4 nitrogen and oxygen atoms in total. The van der Waals surface area contributed by atoms with Gasteiger partial charge in [0.25, 0.3) is 0 Å². The average molecular weight is 316 g/mol. The maximum Gasteiger partial charge on any atom is 0.240 e. The lowest BCUT2D eigenvalue weighted by atomic mass is 10.2. The molecule has 1 unspecified atom stereocenters. The summed E-state index contributed by atoms with van der Waals surface area (Å²) < 4.78 is 27.0. The molecule has 0 saturated carbocycles. The molecule has 20 heavy (non-hydrogen) atoms. The lowest BCUT2D eigenvalue weighted by Gasteiger charge is -2.11. The van der Waals surface area contributed by atoms with Crippen LogP contribution in [0.1, 0.15) is 25.8 Å². The Balaban J connectivity index is 2.67. The Bertz CT molecular complexity index is 504. The molecule has 0 aliphatic carbocycles. The second-order valence-electron chi connectivity index (χ2n) is 4.66. The Morgan fingerprint density at radius 3 is 2.75 bits per heavy atom. The predicted molar refractivity (Wildman–Crippen MR) is 86.6 cm³/mol. The molecule has 0 heterocycles. The van der Waals surface area contributed by atoms with Crippen LogP contribution in [0, 0.1) is 0 Å². The molecule has 0 saturated heterocycles. The summed E-state index contributed by atoms with van der Waals surface area (Å²) >= 11 is 1.74. The number of thioether (sulfide) groups is 1. The molecule has 0 spiro atoms. The zero-order valence-electron chi connectivity index (χ0n) is 12.3. The largest absolute Gasteiger partial charge is 0.313 e. The van der Waals surface area contributed by atoms with Crippen LogP contribution >= 0.6 is 11.8 Å². The number of hydrogen-bond donors (Lipinski definition) is 2. The van der Waals surface area contributed by atoms with Crippen LogP contribution in [0.4, 0.5) is 0 Å². The summed E-state index contributed by atoms with van der Waals surface area (Å²) in [6.07, 6.45) is 2.86. The van der Waals surface area contributed by atoms with E-state index in [1.54, 1.807) is 30.0 Å². The van der Waals surface area contributed by atoms with Crippen molar-refractivity contribution in [3.05, 3.63) is 29.8 Å². The van der Waals surface area contributed by atoms with E-state index in [1.165, 1.54) is 0 Å². The van der Waals surface area contributed by atoms with Crippen molar-refractivity contribution in [2.75, 3.05) is 19.3 Å². The molecule has 0 amide bonds. The van der Waals surface area contributed by atoms with E-state index in [0.29, 0.717) is 23.2 Å². The zero-order chi connectivity index (χ0) is 15.0. The highest BCUT2D eigenvalue weighted by Crippen LogP contribution is 2.13. The first kappa shape index (κ1) is 17.5.